The molecule has 1 aliphatic rings. The second-order valence-electron chi connectivity index (χ2n) is 5.16. The molecule has 3 nitrogen and oxygen atoms in total. The number of hydrogen-bond acceptors (Lipinski definition) is 3. The molecule has 0 aromatic rings. The Balaban J connectivity index is 2.60. The predicted molar refractivity (Wildman–Crippen MR) is 71.1 cm³/mol. The smallest absolute Gasteiger partial charge is 0.389 e. The van der Waals surface area contributed by atoms with Crippen LogP contribution in [0.4, 0.5) is 39.5 Å². The highest BCUT2D eigenvalue weighted by atomic mass is 28.5. The lowest BCUT2D eigenvalue weighted by Crippen LogP contribution is -2.49. The lowest BCUT2D eigenvalue weighted by Gasteiger charge is -2.35. The van der Waals surface area contributed by atoms with E-state index in [9.17, 15) is 39.5 Å². The van der Waals surface area contributed by atoms with Crippen molar-refractivity contribution in [3.8, 4) is 0 Å². The second-order valence-corrected chi connectivity index (χ2v) is 12.7. The third-order valence-corrected chi connectivity index (χ3v) is 12.5. The minimum atomic E-state index is -4.50. The molecule has 0 N–H and O–H groups in total. The van der Waals surface area contributed by atoms with Crippen LogP contribution in [0.3, 0.4) is 0 Å². The lowest BCUT2D eigenvalue weighted by atomic mass is 10.5. The Hall–Kier alpha value is -0.0994. The molecular formula is C9H15F9O3Si3. The highest BCUT2D eigenvalue weighted by molar-refractivity contribution is 6.73. The fraction of sp³-hybridized carbons (Fsp3) is 1.00. The van der Waals surface area contributed by atoms with Crippen molar-refractivity contribution >= 4 is 27.9 Å². The molecule has 1 fully saturated rings. The van der Waals surface area contributed by atoms with Crippen molar-refractivity contribution in [3.63, 3.8) is 0 Å². The van der Waals surface area contributed by atoms with Crippen LogP contribution in [-0.4, -0.2) is 46.4 Å². The molecular weight excluding hydrogens is 411 g/mol. The van der Waals surface area contributed by atoms with Gasteiger partial charge < -0.3 is 12.3 Å². The molecule has 1 heterocycles. The van der Waals surface area contributed by atoms with Gasteiger partial charge in [0, 0.05) is 19.3 Å². The monoisotopic (exact) mass is 426 g/mol. The molecule has 0 atom stereocenters. The quantitative estimate of drug-likeness (QED) is 0.480. The normalized spacial score (nSPS) is 26.6. The van der Waals surface area contributed by atoms with Gasteiger partial charge in [-0.05, 0) is 18.1 Å². The first-order valence-corrected chi connectivity index (χ1v) is 12.2. The Bertz CT molecular complexity index is 324. The van der Waals surface area contributed by atoms with E-state index in [1.54, 1.807) is 0 Å². The Morgan fingerprint density at radius 2 is 0.667 bits per heavy atom. The Morgan fingerprint density at radius 3 is 0.833 bits per heavy atom. The van der Waals surface area contributed by atoms with Crippen molar-refractivity contribution in [3.05, 3.63) is 0 Å². The molecule has 0 aromatic heterocycles. The van der Waals surface area contributed by atoms with Gasteiger partial charge in [0.15, 0.2) is 0 Å². The fourth-order valence-electron chi connectivity index (χ4n) is 1.86. The van der Waals surface area contributed by atoms with E-state index in [2.05, 4.69) is 0 Å². The van der Waals surface area contributed by atoms with Gasteiger partial charge in [0.2, 0.25) is 0 Å². The SMILES string of the molecule is FC(F)(F)CC[SiH]1O[SiH](CCC(F)(F)F)O[SiH](CCC(F)(F)F)O1. The van der Waals surface area contributed by atoms with Crippen molar-refractivity contribution in [2.24, 2.45) is 0 Å². The zero-order valence-electron chi connectivity index (χ0n) is 12.1. The zero-order valence-corrected chi connectivity index (χ0v) is 15.6. The molecule has 0 saturated carbocycles. The number of halogens is 9. The third kappa shape index (κ3) is 10.7. The van der Waals surface area contributed by atoms with Gasteiger partial charge in [-0.1, -0.05) is 0 Å². The maximum Gasteiger partial charge on any atom is 0.389 e. The predicted octanol–water partition coefficient (Wildman–Crippen LogP) is 3.57. The topological polar surface area (TPSA) is 27.7 Å². The molecule has 0 unspecified atom stereocenters. The molecule has 1 saturated heterocycles. The van der Waals surface area contributed by atoms with Crippen molar-refractivity contribution in [2.45, 2.75) is 55.9 Å². The van der Waals surface area contributed by atoms with Gasteiger partial charge in [0.1, 0.15) is 0 Å². The molecule has 24 heavy (non-hydrogen) atoms. The van der Waals surface area contributed by atoms with Crippen LogP contribution in [0.2, 0.25) is 18.1 Å². The summed E-state index contributed by atoms with van der Waals surface area (Å²) >= 11 is 0. The van der Waals surface area contributed by atoms with Crippen molar-refractivity contribution in [1.82, 2.24) is 0 Å². The number of hydrogen-bond donors (Lipinski definition) is 0. The maximum absolute atomic E-state index is 12.2. The molecule has 0 aromatic carbocycles. The highest BCUT2D eigenvalue weighted by Crippen LogP contribution is 2.30. The van der Waals surface area contributed by atoms with E-state index >= 15 is 0 Å². The number of rotatable bonds is 6. The first-order valence-electron chi connectivity index (χ1n) is 6.90. The van der Waals surface area contributed by atoms with Crippen LogP contribution >= 0.6 is 0 Å². The van der Waals surface area contributed by atoms with Crippen LogP contribution in [0.5, 0.6) is 0 Å². The van der Waals surface area contributed by atoms with Gasteiger partial charge in [-0.2, -0.15) is 39.5 Å². The zero-order chi connectivity index (χ0) is 18.6. The largest absolute Gasteiger partial charge is 0.420 e. The summed E-state index contributed by atoms with van der Waals surface area (Å²) in [6.07, 6.45) is -17.2. The summed E-state index contributed by atoms with van der Waals surface area (Å²) in [7, 11) is -8.91. The molecule has 1 aliphatic heterocycles. The summed E-state index contributed by atoms with van der Waals surface area (Å²) in [6.45, 7) is 0. The minimum absolute atomic E-state index is 0.544. The van der Waals surface area contributed by atoms with E-state index in [4.69, 9.17) is 12.3 Å². The molecule has 144 valence electrons. The average molecular weight is 426 g/mol. The van der Waals surface area contributed by atoms with Crippen molar-refractivity contribution in [1.29, 1.82) is 0 Å². The van der Waals surface area contributed by atoms with Gasteiger partial charge in [-0.15, -0.1) is 0 Å². The van der Waals surface area contributed by atoms with E-state index in [0.717, 1.165) is 0 Å². The Labute approximate surface area is 136 Å². The number of alkyl halides is 9. The van der Waals surface area contributed by atoms with Gasteiger partial charge in [-0.25, -0.2) is 0 Å². The first kappa shape index (κ1) is 21.9. The second kappa shape index (κ2) is 8.52. The third-order valence-electron chi connectivity index (χ3n) is 2.90. The molecule has 0 radical (unpaired) electrons. The standard InChI is InChI=1S/C9H15F9O3Si3/c10-7(11,12)1-4-22-19-23(5-2-8(13,14)15)21-24(20-22)6-3-9(16,17)18/h22-24H,1-6H2. The van der Waals surface area contributed by atoms with Crippen molar-refractivity contribution in [2.75, 3.05) is 0 Å². The van der Waals surface area contributed by atoms with Crippen LogP contribution < -0.4 is 0 Å². The summed E-state index contributed by atoms with van der Waals surface area (Å²) in [5.74, 6) is 0. The van der Waals surface area contributed by atoms with Crippen LogP contribution in [0, 0.1) is 0 Å². The molecule has 0 spiro atoms. The van der Waals surface area contributed by atoms with E-state index in [1.807, 2.05) is 0 Å². The Kier molecular flexibility index (Phi) is 7.79. The van der Waals surface area contributed by atoms with E-state index in [0.29, 0.717) is 0 Å². The van der Waals surface area contributed by atoms with Crippen molar-refractivity contribution < 1.29 is 51.9 Å². The lowest BCUT2D eigenvalue weighted by molar-refractivity contribution is -0.131. The molecule has 0 bridgehead atoms. The summed E-state index contributed by atoms with van der Waals surface area (Å²) < 4.78 is 125. The Morgan fingerprint density at radius 1 is 0.458 bits per heavy atom. The fourth-order valence-corrected chi connectivity index (χ4v) is 13.4. The summed E-state index contributed by atoms with van der Waals surface area (Å²) in [5.41, 5.74) is 0. The molecule has 15 heteroatoms. The molecule has 0 amide bonds. The summed E-state index contributed by atoms with van der Waals surface area (Å²) in [4.78, 5) is 0. The first-order chi connectivity index (χ1) is 10.7. The van der Waals surface area contributed by atoms with E-state index in [-0.39, 0.29) is 0 Å². The van der Waals surface area contributed by atoms with Crippen LogP contribution in [0.15, 0.2) is 0 Å². The van der Waals surface area contributed by atoms with Gasteiger partial charge in [0.05, 0.1) is 0 Å². The van der Waals surface area contributed by atoms with Gasteiger partial charge >= 0.3 is 46.4 Å². The van der Waals surface area contributed by atoms with Gasteiger partial charge in [0.25, 0.3) is 0 Å². The summed E-state index contributed by atoms with van der Waals surface area (Å²) in [5, 5.41) is 0. The van der Waals surface area contributed by atoms with Crippen LogP contribution in [0.1, 0.15) is 19.3 Å². The van der Waals surface area contributed by atoms with Crippen LogP contribution in [-0.2, 0) is 12.3 Å². The van der Waals surface area contributed by atoms with E-state index < -0.39 is 83.8 Å². The summed E-state index contributed by atoms with van der Waals surface area (Å²) in [6, 6.07) is -1.63. The molecule has 1 rings (SSSR count). The minimum Gasteiger partial charge on any atom is -0.420 e. The van der Waals surface area contributed by atoms with E-state index in [1.165, 1.54) is 0 Å². The maximum atomic E-state index is 12.2. The molecule has 0 aliphatic carbocycles. The average Bonchev–Trinajstić information content (AvgIpc) is 2.38. The van der Waals surface area contributed by atoms with Crippen LogP contribution in [0.25, 0.3) is 0 Å². The van der Waals surface area contributed by atoms with Gasteiger partial charge in [-0.3, -0.25) is 0 Å². The highest BCUT2D eigenvalue weighted by Gasteiger charge is 2.41.